The third-order valence-electron chi connectivity index (χ3n) is 5.63. The first-order chi connectivity index (χ1) is 14.5. The maximum absolute atomic E-state index is 12.5. The fourth-order valence-electron chi connectivity index (χ4n) is 3.71. The van der Waals surface area contributed by atoms with E-state index in [0.29, 0.717) is 25.1 Å². The molecule has 0 saturated carbocycles. The molecule has 0 aromatic heterocycles. The highest BCUT2D eigenvalue weighted by atomic mass is 16.5. The fourth-order valence-corrected chi connectivity index (χ4v) is 3.71. The van der Waals surface area contributed by atoms with Crippen LogP contribution in [0.15, 0.2) is 48.5 Å². The maximum Gasteiger partial charge on any atom is 0.306 e. The van der Waals surface area contributed by atoms with Gasteiger partial charge >= 0.3 is 5.97 Å². The lowest BCUT2D eigenvalue weighted by atomic mass is 9.96. The predicted octanol–water partition coefficient (Wildman–Crippen LogP) is 3.59. The monoisotopic (exact) mass is 410 g/mol. The van der Waals surface area contributed by atoms with Crippen LogP contribution in [0.5, 0.6) is 5.75 Å². The van der Waals surface area contributed by atoms with Gasteiger partial charge in [0, 0.05) is 32.4 Å². The number of piperidine rings is 1. The number of benzene rings is 2. The topological polar surface area (TPSA) is 70.1 Å². The van der Waals surface area contributed by atoms with E-state index >= 15 is 0 Å². The van der Waals surface area contributed by atoms with E-state index in [4.69, 9.17) is 9.84 Å². The van der Waals surface area contributed by atoms with E-state index in [1.54, 1.807) is 11.9 Å². The number of amides is 1. The third-order valence-corrected chi connectivity index (χ3v) is 5.63. The van der Waals surface area contributed by atoms with Crippen LogP contribution in [0.25, 0.3) is 0 Å². The van der Waals surface area contributed by atoms with Gasteiger partial charge in [0.1, 0.15) is 5.75 Å². The van der Waals surface area contributed by atoms with E-state index in [-0.39, 0.29) is 18.4 Å². The zero-order valence-corrected chi connectivity index (χ0v) is 17.7. The molecule has 30 heavy (non-hydrogen) atoms. The largest absolute Gasteiger partial charge is 0.484 e. The first kappa shape index (κ1) is 21.7. The van der Waals surface area contributed by atoms with Gasteiger partial charge in [0.25, 0.3) is 5.91 Å². The Bertz CT molecular complexity index is 875. The molecule has 1 heterocycles. The molecule has 0 radical (unpaired) electrons. The molecule has 0 unspecified atom stereocenters. The van der Waals surface area contributed by atoms with Crippen LogP contribution in [0, 0.1) is 5.92 Å². The lowest BCUT2D eigenvalue weighted by Crippen LogP contribution is -2.36. The standard InChI is InChI=1S/C24H30N2O4/c1-3-18-6-5-9-22(15-18)30-17-23(27)25(2)16-19-7-4-8-21(14-19)26-12-10-20(11-13-26)24(28)29/h4-9,14-15,20H,3,10-13,16-17H2,1-2H3,(H,28,29). The second-order valence-electron chi connectivity index (χ2n) is 7.81. The predicted molar refractivity (Wildman–Crippen MR) is 117 cm³/mol. The summed E-state index contributed by atoms with van der Waals surface area (Å²) in [6, 6.07) is 15.9. The number of hydrogen-bond acceptors (Lipinski definition) is 4. The van der Waals surface area contributed by atoms with Gasteiger partial charge < -0.3 is 19.6 Å². The van der Waals surface area contributed by atoms with Crippen LogP contribution in [0.3, 0.4) is 0 Å². The van der Waals surface area contributed by atoms with Crippen molar-refractivity contribution in [1.29, 1.82) is 0 Å². The van der Waals surface area contributed by atoms with Crippen LogP contribution in [0.4, 0.5) is 5.69 Å². The maximum atomic E-state index is 12.5. The lowest BCUT2D eigenvalue weighted by molar-refractivity contribution is -0.142. The number of aryl methyl sites for hydroxylation is 1. The molecule has 1 aliphatic heterocycles. The number of carboxylic acids is 1. The molecule has 160 valence electrons. The molecule has 1 amide bonds. The van der Waals surface area contributed by atoms with Gasteiger partial charge in [0.05, 0.1) is 5.92 Å². The highest BCUT2D eigenvalue weighted by Gasteiger charge is 2.24. The molecule has 1 aliphatic rings. The normalized spacial score (nSPS) is 14.4. The fraction of sp³-hybridized carbons (Fsp3) is 0.417. The van der Waals surface area contributed by atoms with Gasteiger partial charge in [-0.1, -0.05) is 31.2 Å². The quantitative estimate of drug-likeness (QED) is 0.720. The van der Waals surface area contributed by atoms with Crippen LogP contribution in [0.2, 0.25) is 0 Å². The number of hydrogen-bond donors (Lipinski definition) is 1. The van der Waals surface area contributed by atoms with E-state index < -0.39 is 5.97 Å². The number of carboxylic acid groups (broad SMARTS) is 1. The average molecular weight is 411 g/mol. The number of ether oxygens (including phenoxy) is 1. The number of carbonyl (C=O) groups excluding carboxylic acids is 1. The van der Waals surface area contributed by atoms with Crippen molar-refractivity contribution in [3.63, 3.8) is 0 Å². The molecule has 1 N–H and O–H groups in total. The van der Waals surface area contributed by atoms with E-state index in [1.807, 2.05) is 42.5 Å². The smallest absolute Gasteiger partial charge is 0.306 e. The molecular weight excluding hydrogens is 380 g/mol. The number of nitrogens with zero attached hydrogens (tertiary/aromatic N) is 2. The SMILES string of the molecule is CCc1cccc(OCC(=O)N(C)Cc2cccc(N3CCC(C(=O)O)CC3)c2)c1. The van der Waals surface area contributed by atoms with Crippen molar-refractivity contribution >= 4 is 17.6 Å². The summed E-state index contributed by atoms with van der Waals surface area (Å²) in [6.45, 7) is 4.06. The summed E-state index contributed by atoms with van der Waals surface area (Å²) in [5.41, 5.74) is 3.29. The van der Waals surface area contributed by atoms with E-state index in [9.17, 15) is 9.59 Å². The Morgan fingerprint density at radius 2 is 1.80 bits per heavy atom. The van der Waals surface area contributed by atoms with Crippen LogP contribution >= 0.6 is 0 Å². The average Bonchev–Trinajstić information content (AvgIpc) is 2.77. The molecule has 6 heteroatoms. The van der Waals surface area contributed by atoms with Crippen molar-refractivity contribution in [3.8, 4) is 5.75 Å². The summed E-state index contributed by atoms with van der Waals surface area (Å²) in [7, 11) is 1.78. The molecule has 0 spiro atoms. The molecule has 3 rings (SSSR count). The Labute approximate surface area is 178 Å². The Kier molecular flexibility index (Phi) is 7.33. The minimum absolute atomic E-state index is 0.00601. The Balaban J connectivity index is 1.53. The van der Waals surface area contributed by atoms with Crippen molar-refractivity contribution in [2.24, 2.45) is 5.92 Å². The van der Waals surface area contributed by atoms with Gasteiger partial charge in [-0.05, 0) is 54.7 Å². The molecular formula is C24H30N2O4. The van der Waals surface area contributed by atoms with Crippen molar-refractivity contribution in [3.05, 3.63) is 59.7 Å². The highest BCUT2D eigenvalue weighted by molar-refractivity contribution is 5.77. The molecule has 0 bridgehead atoms. The van der Waals surface area contributed by atoms with Gasteiger partial charge in [0.15, 0.2) is 6.61 Å². The lowest BCUT2D eigenvalue weighted by Gasteiger charge is -2.32. The van der Waals surface area contributed by atoms with Crippen molar-refractivity contribution in [1.82, 2.24) is 4.90 Å². The van der Waals surface area contributed by atoms with Crippen LogP contribution in [-0.2, 0) is 22.6 Å². The van der Waals surface area contributed by atoms with Crippen LogP contribution in [0.1, 0.15) is 30.9 Å². The molecule has 0 aliphatic carbocycles. The summed E-state index contributed by atoms with van der Waals surface area (Å²) >= 11 is 0. The van der Waals surface area contributed by atoms with Crippen LogP contribution < -0.4 is 9.64 Å². The Morgan fingerprint density at radius 1 is 1.10 bits per heavy atom. The summed E-state index contributed by atoms with van der Waals surface area (Å²) in [5.74, 6) is -0.314. The minimum atomic E-state index is -0.702. The summed E-state index contributed by atoms with van der Waals surface area (Å²) in [5, 5.41) is 9.17. The summed E-state index contributed by atoms with van der Waals surface area (Å²) < 4.78 is 5.67. The highest BCUT2D eigenvalue weighted by Crippen LogP contribution is 2.24. The number of likely N-dealkylation sites (N-methyl/N-ethyl adjacent to an activating group) is 1. The second-order valence-corrected chi connectivity index (χ2v) is 7.81. The minimum Gasteiger partial charge on any atom is -0.484 e. The van der Waals surface area contributed by atoms with Gasteiger partial charge in [-0.2, -0.15) is 0 Å². The van der Waals surface area contributed by atoms with Gasteiger partial charge in [-0.15, -0.1) is 0 Å². The van der Waals surface area contributed by atoms with Gasteiger partial charge in [-0.3, -0.25) is 9.59 Å². The zero-order chi connectivity index (χ0) is 21.5. The van der Waals surface area contributed by atoms with E-state index in [1.165, 1.54) is 5.56 Å². The molecule has 2 aromatic carbocycles. The number of aliphatic carboxylic acids is 1. The molecule has 1 fully saturated rings. The Morgan fingerprint density at radius 3 is 2.50 bits per heavy atom. The van der Waals surface area contributed by atoms with Gasteiger partial charge in [-0.25, -0.2) is 0 Å². The first-order valence-electron chi connectivity index (χ1n) is 10.5. The first-order valence-corrected chi connectivity index (χ1v) is 10.5. The molecule has 0 atom stereocenters. The number of anilines is 1. The summed E-state index contributed by atoms with van der Waals surface area (Å²) in [6.07, 6.45) is 2.25. The Hall–Kier alpha value is -3.02. The number of rotatable bonds is 8. The van der Waals surface area contributed by atoms with E-state index in [2.05, 4.69) is 17.9 Å². The third kappa shape index (κ3) is 5.75. The zero-order valence-electron chi connectivity index (χ0n) is 17.7. The van der Waals surface area contributed by atoms with Crippen molar-refractivity contribution < 1.29 is 19.4 Å². The molecule has 2 aromatic rings. The number of carbonyl (C=O) groups is 2. The van der Waals surface area contributed by atoms with E-state index in [0.717, 1.165) is 30.8 Å². The summed E-state index contributed by atoms with van der Waals surface area (Å²) in [4.78, 5) is 27.5. The van der Waals surface area contributed by atoms with Crippen LogP contribution in [-0.4, -0.2) is 48.6 Å². The molecule has 6 nitrogen and oxygen atoms in total. The van der Waals surface area contributed by atoms with Gasteiger partial charge in [0.2, 0.25) is 0 Å². The van der Waals surface area contributed by atoms with Crippen molar-refractivity contribution in [2.45, 2.75) is 32.7 Å². The van der Waals surface area contributed by atoms with Crippen molar-refractivity contribution in [2.75, 3.05) is 31.6 Å². The molecule has 1 saturated heterocycles. The second kappa shape index (κ2) is 10.1.